The number of aromatic nitrogens is 4. The minimum atomic E-state index is -1.39. The molecule has 2 saturated heterocycles. The van der Waals surface area contributed by atoms with Gasteiger partial charge in [0, 0.05) is 68.7 Å². The summed E-state index contributed by atoms with van der Waals surface area (Å²) in [6.45, 7) is 16.0. The monoisotopic (exact) mass is 1380 g/mol. The van der Waals surface area contributed by atoms with E-state index in [1.165, 1.54) is 42.1 Å². The molecule has 0 spiro atoms. The number of ketones is 2. The van der Waals surface area contributed by atoms with E-state index in [1.807, 2.05) is 55.4 Å². The second kappa shape index (κ2) is 35.6. The number of amides is 7. The Labute approximate surface area is 584 Å². The standard InChI is InChI=1S/C37H56N6O6.C27H39N5O5.C10H19NO2/c1-5-10-27(31(45)35(48)40-24-15-16-24)41-34(47)30-25-14-9-13-23(25)21-43(30)36(49)32(37(2,3)4)42-33(46)26(22-11-7-6-8-12-22)19-29(44)28-20-38-17-18-39-28;1-27(2,3)22(25(35)32-15-17-10-7-11-18(17)21(32)26(36)37)31-24(34)20(16-8-5-4-6-9-16)30-23(33)19-14-28-12-13-29-19;1-2-3-8(11)10(13)9(12)6-7-4-5-7/h17-18,20,22-27,30-32,45H,5-16,19,21H2,1-4H3,(H,40,48)(H,41,47)(H,42,46);12-14,16-18,20-22H,4-11,15H2,1-3H3,(H,30,33)(H,31,34)(H,36,37);7-8,10,13H,2-6,11H2,1H3/t23-,25-,26-,27-,30-,31?,32+;17-,18-,20-,21-,22+;8-,10?/m000/s1. The van der Waals surface area contributed by atoms with Crippen molar-refractivity contribution < 1.29 is 63.3 Å². The number of carbonyl (C=O) groups excluding carboxylic acids is 9. The van der Waals surface area contributed by atoms with Gasteiger partial charge >= 0.3 is 5.97 Å². The number of aliphatic hydroxyl groups excluding tert-OH is 2. The number of nitrogens with zero attached hydrogens (tertiary/aromatic N) is 6. The molecule has 25 heteroatoms. The van der Waals surface area contributed by atoms with Crippen molar-refractivity contribution in [3.8, 4) is 0 Å². The van der Waals surface area contributed by atoms with Crippen molar-refractivity contribution in [2.75, 3.05) is 13.1 Å². The van der Waals surface area contributed by atoms with Gasteiger partial charge in [-0.05, 0) is 142 Å². The van der Waals surface area contributed by atoms with Crippen LogP contribution in [0.15, 0.2) is 37.2 Å². The van der Waals surface area contributed by atoms with E-state index in [0.29, 0.717) is 38.3 Å². The molecule has 8 fully saturated rings. The minimum Gasteiger partial charge on any atom is -0.480 e. The van der Waals surface area contributed by atoms with Gasteiger partial charge in [-0.1, -0.05) is 120 Å². The first kappa shape index (κ1) is 77.9. The lowest BCUT2D eigenvalue weighted by Crippen LogP contribution is -2.61. The molecule has 0 radical (unpaired) electrons. The predicted molar refractivity (Wildman–Crippen MR) is 369 cm³/mol. The van der Waals surface area contributed by atoms with Gasteiger partial charge in [0.1, 0.15) is 47.7 Å². The minimum absolute atomic E-state index is 0.00815. The van der Waals surface area contributed by atoms with Gasteiger partial charge in [0.25, 0.3) is 11.8 Å². The first-order valence-corrected chi connectivity index (χ1v) is 37.2. The van der Waals surface area contributed by atoms with Crippen LogP contribution >= 0.6 is 0 Å². The van der Waals surface area contributed by atoms with E-state index in [2.05, 4.69) is 46.5 Å². The van der Waals surface area contributed by atoms with Gasteiger partial charge in [-0.15, -0.1) is 0 Å². The number of Topliss-reactive ketones (excluding diaryl/α,β-unsaturated/α-hetero) is 2. The number of nitrogens with two attached hydrogens (primary N) is 1. The van der Waals surface area contributed by atoms with E-state index in [1.54, 1.807) is 4.90 Å². The molecule has 4 heterocycles. The average molecular weight is 1380 g/mol. The highest BCUT2D eigenvalue weighted by Crippen LogP contribution is 2.45. The molecule has 10 N–H and O–H groups in total. The van der Waals surface area contributed by atoms with Crippen molar-refractivity contribution in [2.24, 2.45) is 63.9 Å². The normalized spacial score (nSPS) is 24.8. The first-order chi connectivity index (χ1) is 47.1. The van der Waals surface area contributed by atoms with E-state index in [4.69, 9.17) is 5.73 Å². The van der Waals surface area contributed by atoms with Crippen LogP contribution in [-0.2, 0) is 38.4 Å². The zero-order chi connectivity index (χ0) is 71.9. The molecule has 2 aromatic rings. The van der Waals surface area contributed by atoms with Crippen LogP contribution < -0.4 is 32.3 Å². The summed E-state index contributed by atoms with van der Waals surface area (Å²) in [6, 6.07) is -5.41. The number of carboxylic acids is 1. The lowest BCUT2D eigenvalue weighted by atomic mass is 9.76. The Balaban J connectivity index is 0.000000219. The van der Waals surface area contributed by atoms with Crippen molar-refractivity contribution in [2.45, 2.75) is 283 Å². The quantitative estimate of drug-likeness (QED) is 0.0427. The molecule has 6 saturated carbocycles. The zero-order valence-corrected chi connectivity index (χ0v) is 59.8. The van der Waals surface area contributed by atoms with Crippen molar-refractivity contribution in [1.82, 2.24) is 56.3 Å². The molecule has 99 heavy (non-hydrogen) atoms. The van der Waals surface area contributed by atoms with Crippen LogP contribution in [0.2, 0.25) is 0 Å². The molecule has 0 aromatic carbocycles. The van der Waals surface area contributed by atoms with Crippen molar-refractivity contribution in [3.63, 3.8) is 0 Å². The third-order valence-electron chi connectivity index (χ3n) is 22.0. The van der Waals surface area contributed by atoms with Gasteiger partial charge in [0.15, 0.2) is 17.7 Å². The molecule has 6 aliphatic carbocycles. The van der Waals surface area contributed by atoms with Gasteiger partial charge in [-0.25, -0.2) is 14.8 Å². The van der Waals surface area contributed by atoms with E-state index >= 15 is 0 Å². The van der Waals surface area contributed by atoms with E-state index in [-0.39, 0.29) is 101 Å². The molecule has 7 amide bonds. The number of rotatable bonds is 27. The number of nitrogens with one attached hydrogen (secondary N) is 5. The number of hydrogen-bond acceptors (Lipinski definition) is 17. The molecule has 548 valence electrons. The predicted octanol–water partition coefficient (Wildman–Crippen LogP) is 6.57. The topological polar surface area (TPSA) is 376 Å². The fourth-order valence-corrected chi connectivity index (χ4v) is 16.1. The van der Waals surface area contributed by atoms with Gasteiger partial charge < -0.3 is 57.4 Å². The number of aliphatic carboxylic acids is 1. The largest absolute Gasteiger partial charge is 0.480 e. The van der Waals surface area contributed by atoms with E-state index in [0.717, 1.165) is 141 Å². The maximum absolute atomic E-state index is 14.6. The van der Waals surface area contributed by atoms with E-state index in [9.17, 15) is 63.3 Å². The fraction of sp³-hybridized carbons (Fsp3) is 0.757. The lowest BCUT2D eigenvalue weighted by molar-refractivity contribution is -0.152. The van der Waals surface area contributed by atoms with Crippen molar-refractivity contribution in [1.29, 1.82) is 0 Å². The van der Waals surface area contributed by atoms with E-state index < -0.39 is 88.9 Å². The molecule has 2 aromatic heterocycles. The molecule has 2 aliphatic heterocycles. The molecule has 10 rings (SSSR count). The summed E-state index contributed by atoms with van der Waals surface area (Å²) in [5.41, 5.74) is 4.63. The Bertz CT molecular complexity index is 3070. The molecule has 14 atom stereocenters. The third-order valence-corrected chi connectivity index (χ3v) is 22.0. The number of carbonyl (C=O) groups is 10. The fourth-order valence-electron chi connectivity index (χ4n) is 16.1. The summed E-state index contributed by atoms with van der Waals surface area (Å²) >= 11 is 0. The lowest BCUT2D eigenvalue weighted by Gasteiger charge is -2.38. The van der Waals surface area contributed by atoms with Crippen LogP contribution in [0.3, 0.4) is 0 Å². The van der Waals surface area contributed by atoms with Crippen LogP contribution in [0.4, 0.5) is 0 Å². The Morgan fingerprint density at radius 3 is 1.58 bits per heavy atom. The Hall–Kier alpha value is -6.86. The Morgan fingerprint density at radius 1 is 0.566 bits per heavy atom. The summed E-state index contributed by atoms with van der Waals surface area (Å²) in [6.07, 6.45) is 28.3. The molecular formula is C74H114N12O13. The number of hydrogen-bond donors (Lipinski definition) is 9. The zero-order valence-electron chi connectivity index (χ0n) is 59.8. The average Bonchev–Trinajstić information content (AvgIpc) is 1.64. The number of fused-ring (bicyclic) bond motifs is 2. The highest BCUT2D eigenvalue weighted by Gasteiger charge is 2.54. The number of carboxylic acid groups (broad SMARTS) is 1. The van der Waals surface area contributed by atoms with Gasteiger partial charge in [0.05, 0.1) is 18.4 Å². The van der Waals surface area contributed by atoms with Crippen LogP contribution in [0.5, 0.6) is 0 Å². The number of likely N-dealkylation sites (tertiary alicyclic amines) is 2. The van der Waals surface area contributed by atoms with Crippen molar-refractivity contribution in [3.05, 3.63) is 48.6 Å². The molecular weight excluding hydrogens is 1260 g/mol. The maximum atomic E-state index is 14.6. The molecule has 0 bridgehead atoms. The molecule has 2 unspecified atom stereocenters. The smallest absolute Gasteiger partial charge is 0.326 e. The maximum Gasteiger partial charge on any atom is 0.326 e. The summed E-state index contributed by atoms with van der Waals surface area (Å²) in [7, 11) is 0. The van der Waals surface area contributed by atoms with Crippen LogP contribution in [-0.4, -0.2) is 178 Å². The highest BCUT2D eigenvalue weighted by atomic mass is 16.4. The Kier molecular flexibility index (Phi) is 28.0. The second-order valence-electron chi connectivity index (χ2n) is 31.8. The molecule has 8 aliphatic rings. The summed E-state index contributed by atoms with van der Waals surface area (Å²) < 4.78 is 0. The summed E-state index contributed by atoms with van der Waals surface area (Å²) in [5, 5.41) is 45.1. The molecule has 25 nitrogen and oxygen atoms in total. The third kappa shape index (κ3) is 21.1. The van der Waals surface area contributed by atoms with Gasteiger partial charge in [0.2, 0.25) is 29.5 Å². The first-order valence-electron chi connectivity index (χ1n) is 37.2. The van der Waals surface area contributed by atoms with Crippen LogP contribution in [0.1, 0.15) is 243 Å². The van der Waals surface area contributed by atoms with Crippen LogP contribution in [0, 0.1) is 58.2 Å². The van der Waals surface area contributed by atoms with Crippen molar-refractivity contribution >= 4 is 58.9 Å². The summed E-state index contributed by atoms with van der Waals surface area (Å²) in [4.78, 5) is 152. The van der Waals surface area contributed by atoms with Gasteiger partial charge in [-0.3, -0.25) is 53.1 Å². The van der Waals surface area contributed by atoms with Gasteiger partial charge in [-0.2, -0.15) is 0 Å². The Morgan fingerprint density at radius 2 is 1.08 bits per heavy atom. The highest BCUT2D eigenvalue weighted by molar-refractivity contribution is 6.00. The van der Waals surface area contributed by atoms with Crippen LogP contribution in [0.25, 0.3) is 0 Å². The SMILES string of the molecule is CC(C)(C)[C@H](NC(=O)[C@@H](NC(=O)c1cnccn1)C1CCCCC1)C(=O)N1C[C@@H]2CCC[C@@H]2[C@H]1C(=O)O.CCC[C@H](N)C(O)C(=O)CC1CC1.CCC[C@H](NC(=O)[C@@H]1[C@H]2CCC[C@H]2CN1C(=O)[C@@H](NC(=O)[C@@H](CC(=O)c1cnccn1)C1CCCCC1)C(C)(C)C)C(O)C(=O)NC1CC1. The summed E-state index contributed by atoms with van der Waals surface area (Å²) in [5.74, 6) is -3.99. The second-order valence-corrected chi connectivity index (χ2v) is 31.8. The number of aliphatic hydroxyl groups is 2.